The minimum absolute atomic E-state index is 0.377. The summed E-state index contributed by atoms with van der Waals surface area (Å²) in [5, 5.41) is 11.9. The number of fused-ring (bicyclic) bond motifs is 1. The molecule has 1 saturated carbocycles. The monoisotopic (exact) mass is 269 g/mol. The van der Waals surface area contributed by atoms with Gasteiger partial charge < -0.3 is 5.11 Å². The van der Waals surface area contributed by atoms with Gasteiger partial charge in [0, 0.05) is 5.39 Å². The molecule has 2 nitrogen and oxygen atoms in total. The molecule has 3 rings (SSSR count). The van der Waals surface area contributed by atoms with Gasteiger partial charge in [0.25, 0.3) is 0 Å². The molecule has 0 bridgehead atoms. The molecule has 0 spiro atoms. The quantitative estimate of drug-likeness (QED) is 0.891. The van der Waals surface area contributed by atoms with Crippen LogP contribution in [0, 0.1) is 11.8 Å². The summed E-state index contributed by atoms with van der Waals surface area (Å²) in [6.07, 6.45) is 5.69. The highest BCUT2D eigenvalue weighted by Gasteiger charge is 2.31. The first-order valence-electron chi connectivity index (χ1n) is 7.83. The van der Waals surface area contributed by atoms with E-state index in [1.54, 1.807) is 0 Å². The van der Waals surface area contributed by atoms with Gasteiger partial charge in [-0.2, -0.15) is 0 Å². The Hall–Kier alpha value is -1.41. The van der Waals surface area contributed by atoms with Crippen molar-refractivity contribution >= 4 is 10.9 Å². The predicted molar refractivity (Wildman–Crippen MR) is 82.4 cm³/mol. The summed E-state index contributed by atoms with van der Waals surface area (Å²) in [6.45, 7) is 2.24. The molecule has 106 valence electrons. The van der Waals surface area contributed by atoms with Crippen LogP contribution in [0.3, 0.4) is 0 Å². The van der Waals surface area contributed by atoms with Gasteiger partial charge in [0.1, 0.15) is 0 Å². The number of aromatic nitrogens is 1. The third kappa shape index (κ3) is 2.57. The van der Waals surface area contributed by atoms with Crippen molar-refractivity contribution in [1.29, 1.82) is 0 Å². The Morgan fingerprint density at radius 3 is 2.80 bits per heavy atom. The van der Waals surface area contributed by atoms with Gasteiger partial charge in [-0.05, 0) is 30.4 Å². The molecule has 1 aliphatic carbocycles. The average Bonchev–Trinajstić information content (AvgIpc) is 2.53. The zero-order chi connectivity index (χ0) is 13.9. The molecule has 2 aromatic rings. The first-order valence-corrected chi connectivity index (χ1v) is 7.83. The van der Waals surface area contributed by atoms with Crippen molar-refractivity contribution in [3.05, 3.63) is 42.1 Å². The molecule has 1 aliphatic rings. The highest BCUT2D eigenvalue weighted by molar-refractivity contribution is 5.78. The maximum atomic E-state index is 10.7. The Kier molecular flexibility index (Phi) is 4.02. The molecule has 2 heteroatoms. The highest BCUT2D eigenvalue weighted by atomic mass is 16.3. The second-order valence-corrected chi connectivity index (χ2v) is 5.99. The number of aliphatic hydroxyl groups is 1. The molecular formula is C18H23NO. The summed E-state index contributed by atoms with van der Waals surface area (Å²) in [4.78, 5) is 4.67. The fraction of sp³-hybridized carbons (Fsp3) is 0.500. The van der Waals surface area contributed by atoms with Crippen LogP contribution < -0.4 is 0 Å². The van der Waals surface area contributed by atoms with Gasteiger partial charge in [0.2, 0.25) is 0 Å². The lowest BCUT2D eigenvalue weighted by atomic mass is 9.74. The van der Waals surface area contributed by atoms with Crippen LogP contribution in [0.1, 0.15) is 50.8 Å². The summed E-state index contributed by atoms with van der Waals surface area (Å²) in [6, 6.07) is 12.2. The zero-order valence-electron chi connectivity index (χ0n) is 12.1. The van der Waals surface area contributed by atoms with Gasteiger partial charge in [0.15, 0.2) is 0 Å². The first-order chi connectivity index (χ1) is 9.79. The fourth-order valence-electron chi connectivity index (χ4n) is 3.62. The van der Waals surface area contributed by atoms with Crippen LogP contribution in [0.4, 0.5) is 0 Å². The standard InChI is InChI=1S/C18H23NO/c1-2-13-7-3-5-9-15(13)18(20)17-12-11-14-8-4-6-10-16(14)19-17/h4,6,8,10-13,15,18,20H,2-3,5,7,9H2,1H3. The molecule has 20 heavy (non-hydrogen) atoms. The number of hydrogen-bond acceptors (Lipinski definition) is 2. The van der Waals surface area contributed by atoms with E-state index < -0.39 is 6.10 Å². The normalized spacial score (nSPS) is 24.7. The van der Waals surface area contributed by atoms with E-state index in [-0.39, 0.29) is 0 Å². The van der Waals surface area contributed by atoms with Crippen molar-refractivity contribution in [3.8, 4) is 0 Å². The molecular weight excluding hydrogens is 246 g/mol. The fourth-order valence-corrected chi connectivity index (χ4v) is 3.62. The SMILES string of the molecule is CCC1CCCCC1C(O)c1ccc2ccccc2n1. The Balaban J connectivity index is 1.89. The molecule has 0 radical (unpaired) electrons. The van der Waals surface area contributed by atoms with E-state index in [9.17, 15) is 5.11 Å². The largest absolute Gasteiger partial charge is 0.387 e. The second kappa shape index (κ2) is 5.92. The van der Waals surface area contributed by atoms with Crippen LogP contribution in [0.15, 0.2) is 36.4 Å². The molecule has 0 aliphatic heterocycles. The zero-order valence-corrected chi connectivity index (χ0v) is 12.1. The van der Waals surface area contributed by atoms with Crippen LogP contribution in [-0.2, 0) is 0 Å². The minimum atomic E-state index is -0.412. The number of para-hydroxylation sites is 1. The summed E-state index contributed by atoms with van der Waals surface area (Å²) in [5.74, 6) is 1.02. The number of aliphatic hydroxyl groups excluding tert-OH is 1. The minimum Gasteiger partial charge on any atom is -0.387 e. The number of pyridine rings is 1. The molecule has 0 amide bonds. The van der Waals surface area contributed by atoms with Crippen molar-refractivity contribution in [1.82, 2.24) is 4.98 Å². The Bertz CT molecular complexity index is 580. The van der Waals surface area contributed by atoms with E-state index in [4.69, 9.17) is 0 Å². The number of benzene rings is 1. The average molecular weight is 269 g/mol. The smallest absolute Gasteiger partial charge is 0.0990 e. The molecule has 1 aromatic carbocycles. The molecule has 3 atom stereocenters. The molecule has 3 unspecified atom stereocenters. The van der Waals surface area contributed by atoms with Crippen molar-refractivity contribution in [2.45, 2.75) is 45.1 Å². The predicted octanol–water partition coefficient (Wildman–Crippen LogP) is 4.48. The summed E-state index contributed by atoms with van der Waals surface area (Å²) in [7, 11) is 0. The number of nitrogens with zero attached hydrogens (tertiary/aromatic N) is 1. The topological polar surface area (TPSA) is 33.1 Å². The maximum Gasteiger partial charge on any atom is 0.0990 e. The summed E-state index contributed by atoms with van der Waals surface area (Å²) < 4.78 is 0. The lowest BCUT2D eigenvalue weighted by molar-refractivity contribution is 0.0424. The van der Waals surface area contributed by atoms with Crippen molar-refractivity contribution in [2.24, 2.45) is 11.8 Å². The van der Waals surface area contributed by atoms with Crippen LogP contribution in [0.25, 0.3) is 10.9 Å². The Labute approximate surface area is 120 Å². The van der Waals surface area contributed by atoms with Crippen molar-refractivity contribution in [3.63, 3.8) is 0 Å². The molecule has 1 N–H and O–H groups in total. The van der Waals surface area contributed by atoms with Gasteiger partial charge in [-0.3, -0.25) is 4.98 Å². The van der Waals surface area contributed by atoms with Crippen LogP contribution >= 0.6 is 0 Å². The summed E-state index contributed by atoms with van der Waals surface area (Å²) >= 11 is 0. The molecule has 0 saturated heterocycles. The second-order valence-electron chi connectivity index (χ2n) is 5.99. The molecule has 1 aromatic heterocycles. The van der Waals surface area contributed by atoms with Crippen molar-refractivity contribution in [2.75, 3.05) is 0 Å². The van der Waals surface area contributed by atoms with Gasteiger partial charge in [-0.25, -0.2) is 0 Å². The van der Waals surface area contributed by atoms with Crippen LogP contribution in [0.5, 0.6) is 0 Å². The maximum absolute atomic E-state index is 10.7. The lowest BCUT2D eigenvalue weighted by Crippen LogP contribution is -2.25. The van der Waals surface area contributed by atoms with Crippen molar-refractivity contribution < 1.29 is 5.11 Å². The first kappa shape index (κ1) is 13.6. The van der Waals surface area contributed by atoms with E-state index >= 15 is 0 Å². The molecule has 1 heterocycles. The Morgan fingerprint density at radius 2 is 1.95 bits per heavy atom. The van der Waals surface area contributed by atoms with E-state index in [1.807, 2.05) is 24.3 Å². The van der Waals surface area contributed by atoms with Gasteiger partial charge in [0.05, 0.1) is 17.3 Å². The lowest BCUT2D eigenvalue weighted by Gasteiger charge is -2.34. The van der Waals surface area contributed by atoms with E-state index in [2.05, 4.69) is 24.0 Å². The Morgan fingerprint density at radius 1 is 1.15 bits per heavy atom. The number of hydrogen-bond donors (Lipinski definition) is 1. The van der Waals surface area contributed by atoms with E-state index in [0.717, 1.165) is 29.4 Å². The number of rotatable bonds is 3. The van der Waals surface area contributed by atoms with E-state index in [1.165, 1.54) is 19.3 Å². The molecule has 1 fully saturated rings. The third-order valence-electron chi connectivity index (χ3n) is 4.82. The van der Waals surface area contributed by atoms with Gasteiger partial charge in [-0.1, -0.05) is 56.9 Å². The summed E-state index contributed by atoms with van der Waals surface area (Å²) in [5.41, 5.74) is 1.82. The van der Waals surface area contributed by atoms with Crippen LogP contribution in [0.2, 0.25) is 0 Å². The van der Waals surface area contributed by atoms with Crippen LogP contribution in [-0.4, -0.2) is 10.1 Å². The third-order valence-corrected chi connectivity index (χ3v) is 4.82. The van der Waals surface area contributed by atoms with Gasteiger partial charge in [-0.15, -0.1) is 0 Å². The highest BCUT2D eigenvalue weighted by Crippen LogP contribution is 2.39. The van der Waals surface area contributed by atoms with E-state index in [0.29, 0.717) is 11.8 Å². The van der Waals surface area contributed by atoms with Gasteiger partial charge >= 0.3 is 0 Å².